The van der Waals surface area contributed by atoms with Crippen molar-refractivity contribution in [3.05, 3.63) is 71.0 Å². The van der Waals surface area contributed by atoms with Gasteiger partial charge in [-0.15, -0.1) is 0 Å². The number of imide groups is 1. The van der Waals surface area contributed by atoms with Crippen LogP contribution in [0.25, 0.3) is 0 Å². The summed E-state index contributed by atoms with van der Waals surface area (Å²) < 4.78 is 13.8. The van der Waals surface area contributed by atoms with Gasteiger partial charge in [-0.3, -0.25) is 9.69 Å². The average Bonchev–Trinajstić information content (AvgIpc) is 3.11. The first kappa shape index (κ1) is 19.0. The molecule has 5 nitrogen and oxygen atoms in total. The first-order valence-electron chi connectivity index (χ1n) is 9.28. The molecule has 0 radical (unpaired) electrons. The van der Waals surface area contributed by atoms with Gasteiger partial charge in [0.05, 0.1) is 0 Å². The van der Waals surface area contributed by atoms with Gasteiger partial charge in [0.25, 0.3) is 5.91 Å². The van der Waals surface area contributed by atoms with Crippen LogP contribution in [0.3, 0.4) is 0 Å². The molecule has 2 aromatic rings. The molecule has 1 fully saturated rings. The Morgan fingerprint density at radius 3 is 2.56 bits per heavy atom. The third-order valence-electron chi connectivity index (χ3n) is 4.95. The van der Waals surface area contributed by atoms with Crippen molar-refractivity contribution in [3.8, 4) is 0 Å². The smallest absolute Gasteiger partial charge is 0.324 e. The molecule has 1 aliphatic heterocycles. The van der Waals surface area contributed by atoms with Crippen molar-refractivity contribution in [1.29, 1.82) is 0 Å². The quantitative estimate of drug-likeness (QED) is 0.817. The number of nitrogens with zero attached hydrogens (tertiary/aromatic N) is 1. The van der Waals surface area contributed by atoms with E-state index in [1.165, 1.54) is 22.6 Å². The lowest BCUT2D eigenvalue weighted by molar-refractivity contribution is -0.705. The predicted molar refractivity (Wildman–Crippen MR) is 101 cm³/mol. The molecule has 1 aliphatic rings. The molecule has 0 saturated carbocycles. The number of rotatable bonds is 6. The molecule has 3 N–H and O–H groups in total. The molecule has 0 aromatic heterocycles. The van der Waals surface area contributed by atoms with Gasteiger partial charge in [0.2, 0.25) is 0 Å². The van der Waals surface area contributed by atoms with Gasteiger partial charge >= 0.3 is 6.03 Å². The van der Waals surface area contributed by atoms with Crippen LogP contribution in [0.2, 0.25) is 0 Å². The predicted octanol–water partition coefficient (Wildman–Crippen LogP) is 1.98. The van der Waals surface area contributed by atoms with Crippen LogP contribution in [-0.4, -0.2) is 36.0 Å². The van der Waals surface area contributed by atoms with Crippen LogP contribution in [0.15, 0.2) is 48.5 Å². The zero-order valence-electron chi connectivity index (χ0n) is 15.6. The summed E-state index contributed by atoms with van der Waals surface area (Å²) in [4.78, 5) is 25.7. The zero-order chi connectivity index (χ0) is 19.4. The number of carbonyl (C=O) groups is 2. The molecule has 3 rings (SSSR count). The Kier molecular flexibility index (Phi) is 5.86. The third kappa shape index (κ3) is 4.34. The van der Waals surface area contributed by atoms with Gasteiger partial charge < -0.3 is 10.6 Å². The minimum atomic E-state index is -0.479. The molecule has 1 saturated heterocycles. The summed E-state index contributed by atoms with van der Waals surface area (Å²) in [6.45, 7) is 4.72. The number of urea groups is 1. The van der Waals surface area contributed by atoms with E-state index in [9.17, 15) is 14.0 Å². The number of carbonyl (C=O) groups excluding carboxylic acids is 2. The number of hydrogen-bond acceptors (Lipinski definition) is 2. The molecule has 0 aliphatic carbocycles. The van der Waals surface area contributed by atoms with Crippen LogP contribution in [0.5, 0.6) is 0 Å². The van der Waals surface area contributed by atoms with Crippen LogP contribution in [0.4, 0.5) is 9.18 Å². The van der Waals surface area contributed by atoms with Gasteiger partial charge in [-0.1, -0.05) is 43.3 Å². The first-order chi connectivity index (χ1) is 13.0. The van der Waals surface area contributed by atoms with Gasteiger partial charge in [0.1, 0.15) is 11.9 Å². The maximum Gasteiger partial charge on any atom is 0.324 e. The van der Waals surface area contributed by atoms with E-state index in [1.807, 2.05) is 23.5 Å². The van der Waals surface area contributed by atoms with Crippen molar-refractivity contribution in [1.82, 2.24) is 10.2 Å². The fourth-order valence-corrected chi connectivity index (χ4v) is 3.37. The van der Waals surface area contributed by atoms with E-state index in [1.54, 1.807) is 13.0 Å². The second-order valence-corrected chi connectivity index (χ2v) is 6.83. The highest BCUT2D eigenvalue weighted by Gasteiger charge is 2.33. The summed E-state index contributed by atoms with van der Waals surface area (Å²) in [7, 11) is 0. The molecular formula is C21H25FN3O2+. The molecule has 6 heteroatoms. The van der Waals surface area contributed by atoms with E-state index in [-0.39, 0.29) is 23.8 Å². The summed E-state index contributed by atoms with van der Waals surface area (Å²) in [6.07, 6.45) is 0.938. The summed E-state index contributed by atoms with van der Waals surface area (Å²) >= 11 is 0. The van der Waals surface area contributed by atoms with Crippen LogP contribution in [0.1, 0.15) is 36.6 Å². The minimum absolute atomic E-state index is 0.239. The number of halogens is 1. The number of aryl methyl sites for hydroxylation is 1. The fraction of sp³-hybridized carbons (Fsp3) is 0.333. The highest BCUT2D eigenvalue weighted by Crippen LogP contribution is 2.20. The lowest BCUT2D eigenvalue weighted by atomic mass is 9.96. The van der Waals surface area contributed by atoms with Crippen LogP contribution >= 0.6 is 0 Å². The Balaban J connectivity index is 1.87. The molecular weight excluding hydrogens is 345 g/mol. The van der Waals surface area contributed by atoms with Crippen molar-refractivity contribution in [2.75, 3.05) is 13.1 Å². The second kappa shape index (κ2) is 8.31. The Bertz CT molecular complexity index is 822. The highest BCUT2D eigenvalue weighted by molar-refractivity contribution is 5.97. The van der Waals surface area contributed by atoms with Gasteiger partial charge in [-0.05, 0) is 31.0 Å². The largest absolute Gasteiger partial charge is 0.336 e. The molecule has 2 atom stereocenters. The average molecular weight is 370 g/mol. The molecule has 3 amide bonds. The number of quaternary nitrogens is 1. The molecule has 0 unspecified atom stereocenters. The molecule has 0 bridgehead atoms. The van der Waals surface area contributed by atoms with Crippen molar-refractivity contribution in [2.45, 2.75) is 32.4 Å². The van der Waals surface area contributed by atoms with E-state index in [4.69, 9.17) is 0 Å². The molecule has 2 aromatic carbocycles. The maximum atomic E-state index is 13.8. The standard InChI is InChI=1S/C21H24FN3O2/c1-3-15-7-9-16(10-8-15)19(17-5-4-6-18(22)13-17)24-14(2)20(26)25-12-11-23-21(25)27/h4-10,13-14,19,24H,3,11-12H2,1-2H3,(H,23,27)/p+1/t14-,19+/m0/s1. The van der Waals surface area contributed by atoms with Crippen molar-refractivity contribution in [3.63, 3.8) is 0 Å². The highest BCUT2D eigenvalue weighted by atomic mass is 19.1. The minimum Gasteiger partial charge on any atom is -0.336 e. The normalized spacial score (nSPS) is 16.1. The lowest BCUT2D eigenvalue weighted by Crippen LogP contribution is -2.92. The van der Waals surface area contributed by atoms with Gasteiger partial charge in [-0.2, -0.15) is 0 Å². The first-order valence-corrected chi connectivity index (χ1v) is 9.28. The SMILES string of the molecule is CCc1ccc([C@@H]([NH2+][C@@H](C)C(=O)N2CCNC2=O)c2cccc(F)c2)cc1. The van der Waals surface area contributed by atoms with Gasteiger partial charge in [0.15, 0.2) is 6.04 Å². The maximum absolute atomic E-state index is 13.8. The van der Waals surface area contributed by atoms with Gasteiger partial charge in [-0.25, -0.2) is 9.18 Å². The van der Waals surface area contributed by atoms with Crippen molar-refractivity contribution < 1.29 is 19.3 Å². The Morgan fingerprint density at radius 2 is 1.96 bits per heavy atom. The second-order valence-electron chi connectivity index (χ2n) is 6.83. The van der Waals surface area contributed by atoms with Crippen molar-refractivity contribution >= 4 is 11.9 Å². The van der Waals surface area contributed by atoms with E-state index in [0.717, 1.165) is 17.5 Å². The summed E-state index contributed by atoms with van der Waals surface area (Å²) in [5.41, 5.74) is 2.99. The Morgan fingerprint density at radius 1 is 1.22 bits per heavy atom. The van der Waals surface area contributed by atoms with E-state index < -0.39 is 6.04 Å². The summed E-state index contributed by atoms with van der Waals surface area (Å²) in [5.74, 6) is -0.550. The van der Waals surface area contributed by atoms with Crippen LogP contribution in [-0.2, 0) is 11.2 Å². The zero-order valence-corrected chi connectivity index (χ0v) is 15.6. The number of nitrogens with one attached hydrogen (secondary N) is 1. The number of nitrogens with two attached hydrogens (primary N) is 1. The Labute approximate surface area is 158 Å². The monoisotopic (exact) mass is 370 g/mol. The van der Waals surface area contributed by atoms with E-state index in [2.05, 4.69) is 24.4 Å². The molecule has 27 heavy (non-hydrogen) atoms. The van der Waals surface area contributed by atoms with Crippen LogP contribution in [0, 0.1) is 5.82 Å². The van der Waals surface area contributed by atoms with E-state index in [0.29, 0.717) is 13.1 Å². The van der Waals surface area contributed by atoms with E-state index >= 15 is 0 Å². The van der Waals surface area contributed by atoms with Crippen molar-refractivity contribution in [2.24, 2.45) is 0 Å². The molecule has 0 spiro atoms. The summed E-state index contributed by atoms with van der Waals surface area (Å²) in [6, 6.07) is 13.5. The fourth-order valence-electron chi connectivity index (χ4n) is 3.37. The summed E-state index contributed by atoms with van der Waals surface area (Å²) in [5, 5.41) is 4.54. The van der Waals surface area contributed by atoms with Crippen LogP contribution < -0.4 is 10.6 Å². The molecule has 1 heterocycles. The Hall–Kier alpha value is -2.73. The number of benzene rings is 2. The van der Waals surface area contributed by atoms with Gasteiger partial charge in [0, 0.05) is 24.2 Å². The topological polar surface area (TPSA) is 66.0 Å². The third-order valence-corrected chi connectivity index (χ3v) is 4.95. The lowest BCUT2D eigenvalue weighted by Gasteiger charge is -2.23. The number of hydrogen-bond donors (Lipinski definition) is 2. The molecule has 142 valence electrons. The number of amides is 3.